The number of H-pyrrole nitrogens is 1. The number of aryl methyl sites for hydroxylation is 1. The van der Waals surface area contributed by atoms with Gasteiger partial charge in [0, 0.05) is 42.4 Å². The average molecular weight is 384 g/mol. The molecule has 1 aromatic carbocycles. The van der Waals surface area contributed by atoms with Crippen molar-refractivity contribution in [3.05, 3.63) is 106 Å². The predicted molar refractivity (Wildman–Crippen MR) is 111 cm³/mol. The highest BCUT2D eigenvalue weighted by Gasteiger charge is 2.19. The summed E-state index contributed by atoms with van der Waals surface area (Å²) in [6.07, 6.45) is 6.57. The maximum atomic E-state index is 13.1. The molecule has 0 unspecified atom stereocenters. The quantitative estimate of drug-likeness (QED) is 0.571. The van der Waals surface area contributed by atoms with Crippen LogP contribution in [0.3, 0.4) is 0 Å². The van der Waals surface area contributed by atoms with E-state index in [1.165, 1.54) is 6.20 Å². The van der Waals surface area contributed by atoms with Crippen molar-refractivity contribution >= 4 is 16.8 Å². The van der Waals surface area contributed by atoms with Crippen LogP contribution in [0.1, 0.15) is 27.0 Å². The minimum atomic E-state index is -0.198. The number of aromatic amines is 1. The van der Waals surface area contributed by atoms with Crippen LogP contribution in [0.4, 0.5) is 0 Å². The predicted octanol–water partition coefficient (Wildman–Crippen LogP) is 3.47. The molecular formula is C23H20N4O2. The van der Waals surface area contributed by atoms with Crippen molar-refractivity contribution in [1.29, 1.82) is 0 Å². The number of nitrogens with one attached hydrogen (secondary N) is 1. The van der Waals surface area contributed by atoms with Crippen LogP contribution in [0.2, 0.25) is 0 Å². The van der Waals surface area contributed by atoms with Crippen LogP contribution < -0.4 is 5.56 Å². The third-order valence-corrected chi connectivity index (χ3v) is 4.73. The van der Waals surface area contributed by atoms with Gasteiger partial charge in [-0.3, -0.25) is 19.6 Å². The van der Waals surface area contributed by atoms with Crippen LogP contribution in [0.25, 0.3) is 10.9 Å². The minimum Gasteiger partial charge on any atom is -0.330 e. The highest BCUT2D eigenvalue weighted by molar-refractivity contribution is 5.93. The number of hydrogen-bond donors (Lipinski definition) is 1. The largest absolute Gasteiger partial charge is 0.330 e. The van der Waals surface area contributed by atoms with Gasteiger partial charge in [0.25, 0.3) is 11.5 Å². The number of nitrogens with zero attached hydrogens (tertiary/aromatic N) is 3. The molecule has 144 valence electrons. The number of amides is 1. The second-order valence-electron chi connectivity index (χ2n) is 6.98. The molecule has 3 heterocycles. The summed E-state index contributed by atoms with van der Waals surface area (Å²) in [7, 11) is 0. The van der Waals surface area contributed by atoms with Gasteiger partial charge in [0.05, 0.1) is 12.1 Å². The Hall–Kier alpha value is -3.80. The van der Waals surface area contributed by atoms with Crippen molar-refractivity contribution in [3.8, 4) is 0 Å². The summed E-state index contributed by atoms with van der Waals surface area (Å²) in [5, 5.41) is 0.940. The fraction of sp³-hybridized carbons (Fsp3) is 0.130. The van der Waals surface area contributed by atoms with Crippen LogP contribution in [0.15, 0.2) is 78.1 Å². The summed E-state index contributed by atoms with van der Waals surface area (Å²) in [5.74, 6) is -0.189. The molecule has 0 radical (unpaired) electrons. The van der Waals surface area contributed by atoms with E-state index in [2.05, 4.69) is 15.0 Å². The number of carbonyl (C=O) groups is 1. The topological polar surface area (TPSA) is 79.0 Å². The maximum absolute atomic E-state index is 13.1. The first-order valence-electron chi connectivity index (χ1n) is 9.31. The Morgan fingerprint density at radius 1 is 1.00 bits per heavy atom. The number of carbonyl (C=O) groups excluding carboxylic acids is 1. The van der Waals surface area contributed by atoms with Crippen molar-refractivity contribution < 1.29 is 4.79 Å². The van der Waals surface area contributed by atoms with Crippen LogP contribution in [-0.2, 0) is 13.1 Å². The molecule has 6 heteroatoms. The molecule has 1 amide bonds. The van der Waals surface area contributed by atoms with Crippen molar-refractivity contribution in [2.75, 3.05) is 0 Å². The molecule has 4 rings (SSSR count). The molecule has 29 heavy (non-hydrogen) atoms. The Labute approximate surface area is 167 Å². The second-order valence-corrected chi connectivity index (χ2v) is 6.98. The van der Waals surface area contributed by atoms with Crippen LogP contribution in [0.5, 0.6) is 0 Å². The van der Waals surface area contributed by atoms with E-state index in [9.17, 15) is 9.59 Å². The lowest BCUT2D eigenvalue weighted by Crippen LogP contribution is -2.32. The van der Waals surface area contributed by atoms with E-state index in [1.54, 1.807) is 35.6 Å². The highest BCUT2D eigenvalue weighted by Crippen LogP contribution is 2.16. The summed E-state index contributed by atoms with van der Waals surface area (Å²) in [6.45, 7) is 2.53. The summed E-state index contributed by atoms with van der Waals surface area (Å²) in [4.78, 5) is 38.5. The van der Waals surface area contributed by atoms with Gasteiger partial charge in [0.1, 0.15) is 0 Å². The first kappa shape index (κ1) is 18.6. The molecule has 6 nitrogen and oxygen atoms in total. The third kappa shape index (κ3) is 4.21. The Morgan fingerprint density at radius 2 is 1.79 bits per heavy atom. The SMILES string of the molecule is Cc1ccc2[nH]c(=O)c(CN(Cc3cccnc3)C(=O)c3cccnc3)cc2c1. The van der Waals surface area contributed by atoms with E-state index in [0.29, 0.717) is 17.7 Å². The fourth-order valence-electron chi connectivity index (χ4n) is 3.28. The van der Waals surface area contributed by atoms with Gasteiger partial charge in [-0.1, -0.05) is 17.7 Å². The normalized spacial score (nSPS) is 10.8. The van der Waals surface area contributed by atoms with Gasteiger partial charge < -0.3 is 9.88 Å². The first-order chi connectivity index (χ1) is 14.1. The molecule has 0 saturated carbocycles. The van der Waals surface area contributed by atoms with E-state index < -0.39 is 0 Å². The lowest BCUT2D eigenvalue weighted by Gasteiger charge is -2.23. The van der Waals surface area contributed by atoms with Gasteiger partial charge in [-0.15, -0.1) is 0 Å². The smallest absolute Gasteiger partial charge is 0.256 e. The third-order valence-electron chi connectivity index (χ3n) is 4.73. The number of pyridine rings is 3. The summed E-state index contributed by atoms with van der Waals surface area (Å²) < 4.78 is 0. The van der Waals surface area contributed by atoms with Gasteiger partial charge >= 0.3 is 0 Å². The average Bonchev–Trinajstić information content (AvgIpc) is 2.75. The number of aromatic nitrogens is 3. The first-order valence-corrected chi connectivity index (χ1v) is 9.31. The fourth-order valence-corrected chi connectivity index (χ4v) is 3.28. The van der Waals surface area contributed by atoms with Crippen molar-refractivity contribution in [3.63, 3.8) is 0 Å². The van der Waals surface area contributed by atoms with E-state index in [-0.39, 0.29) is 18.0 Å². The Kier molecular flexibility index (Phi) is 5.16. The van der Waals surface area contributed by atoms with Gasteiger partial charge in [-0.05, 0) is 54.3 Å². The number of fused-ring (bicyclic) bond motifs is 1. The van der Waals surface area contributed by atoms with E-state index in [0.717, 1.165) is 22.0 Å². The zero-order valence-electron chi connectivity index (χ0n) is 16.0. The standard InChI is InChI=1S/C23H20N4O2/c1-16-6-7-21-19(10-16)11-20(22(28)26-21)15-27(14-17-4-2-8-24-12-17)23(29)18-5-3-9-25-13-18/h2-13H,14-15H2,1H3,(H,26,28). The van der Waals surface area contributed by atoms with Crippen LogP contribution >= 0.6 is 0 Å². The minimum absolute atomic E-state index is 0.182. The summed E-state index contributed by atoms with van der Waals surface area (Å²) in [5.41, 5.74) is 3.58. The zero-order chi connectivity index (χ0) is 20.2. The van der Waals surface area contributed by atoms with Gasteiger partial charge in [-0.25, -0.2) is 0 Å². The molecule has 0 aliphatic heterocycles. The van der Waals surface area contributed by atoms with Crippen molar-refractivity contribution in [2.24, 2.45) is 0 Å². The second kappa shape index (κ2) is 8.06. The Balaban J connectivity index is 1.71. The van der Waals surface area contributed by atoms with Crippen molar-refractivity contribution in [2.45, 2.75) is 20.0 Å². The molecular weight excluding hydrogens is 364 g/mol. The monoisotopic (exact) mass is 384 g/mol. The number of rotatable bonds is 5. The molecule has 0 spiro atoms. The molecule has 3 aromatic heterocycles. The van der Waals surface area contributed by atoms with Crippen LogP contribution in [0, 0.1) is 6.92 Å². The lowest BCUT2D eigenvalue weighted by atomic mass is 10.1. The van der Waals surface area contributed by atoms with Gasteiger partial charge in [0.2, 0.25) is 0 Å². The van der Waals surface area contributed by atoms with Gasteiger partial charge in [-0.2, -0.15) is 0 Å². The molecule has 4 aromatic rings. The Morgan fingerprint density at radius 3 is 2.52 bits per heavy atom. The molecule has 0 fully saturated rings. The number of benzene rings is 1. The highest BCUT2D eigenvalue weighted by atomic mass is 16.2. The molecule has 0 bridgehead atoms. The van der Waals surface area contributed by atoms with Gasteiger partial charge in [0.15, 0.2) is 0 Å². The summed E-state index contributed by atoms with van der Waals surface area (Å²) >= 11 is 0. The Bertz CT molecular complexity index is 1200. The number of hydrogen-bond acceptors (Lipinski definition) is 4. The van der Waals surface area contributed by atoms with E-state index >= 15 is 0 Å². The molecule has 0 aliphatic carbocycles. The summed E-state index contributed by atoms with van der Waals surface area (Å²) in [6, 6.07) is 14.9. The maximum Gasteiger partial charge on any atom is 0.256 e. The van der Waals surface area contributed by atoms with E-state index in [1.807, 2.05) is 43.3 Å². The van der Waals surface area contributed by atoms with Crippen molar-refractivity contribution in [1.82, 2.24) is 19.9 Å². The zero-order valence-corrected chi connectivity index (χ0v) is 16.0. The molecule has 0 saturated heterocycles. The molecule has 0 aliphatic rings. The van der Waals surface area contributed by atoms with E-state index in [4.69, 9.17) is 0 Å². The molecule has 1 N–H and O–H groups in total. The van der Waals surface area contributed by atoms with Crippen LogP contribution in [-0.4, -0.2) is 25.8 Å². The lowest BCUT2D eigenvalue weighted by molar-refractivity contribution is 0.0729. The molecule has 0 atom stereocenters.